The SMILES string of the molecule is O=C1CC(NCc2cncc(Br)c2)CN1. The molecule has 0 aliphatic carbocycles. The lowest BCUT2D eigenvalue weighted by molar-refractivity contribution is -0.119. The minimum Gasteiger partial charge on any atom is -0.354 e. The molecule has 1 saturated heterocycles. The molecule has 80 valence electrons. The minimum atomic E-state index is 0.125. The third-order valence-electron chi connectivity index (χ3n) is 2.33. The Morgan fingerprint density at radius 3 is 3.13 bits per heavy atom. The van der Waals surface area contributed by atoms with Crippen LogP contribution in [0.3, 0.4) is 0 Å². The van der Waals surface area contributed by atoms with Crippen LogP contribution in [0.1, 0.15) is 12.0 Å². The highest BCUT2D eigenvalue weighted by molar-refractivity contribution is 9.10. The second-order valence-electron chi connectivity index (χ2n) is 3.60. The number of carbonyl (C=O) groups is 1. The molecule has 0 spiro atoms. The van der Waals surface area contributed by atoms with E-state index < -0.39 is 0 Å². The number of aromatic nitrogens is 1. The maximum Gasteiger partial charge on any atom is 0.221 e. The van der Waals surface area contributed by atoms with Crippen LogP contribution in [-0.4, -0.2) is 23.5 Å². The van der Waals surface area contributed by atoms with Gasteiger partial charge in [0.25, 0.3) is 0 Å². The van der Waals surface area contributed by atoms with Crippen molar-refractivity contribution in [2.24, 2.45) is 0 Å². The molecule has 1 fully saturated rings. The minimum absolute atomic E-state index is 0.125. The Bertz CT molecular complexity index is 369. The Kier molecular flexibility index (Phi) is 3.33. The first kappa shape index (κ1) is 10.6. The summed E-state index contributed by atoms with van der Waals surface area (Å²) in [6, 6.07) is 2.26. The van der Waals surface area contributed by atoms with E-state index in [1.807, 2.05) is 12.3 Å². The van der Waals surface area contributed by atoms with Crippen LogP contribution in [0.4, 0.5) is 0 Å². The Balaban J connectivity index is 1.85. The van der Waals surface area contributed by atoms with Gasteiger partial charge in [-0.25, -0.2) is 0 Å². The van der Waals surface area contributed by atoms with E-state index in [0.29, 0.717) is 6.42 Å². The first-order chi connectivity index (χ1) is 7.24. The fraction of sp³-hybridized carbons (Fsp3) is 0.400. The van der Waals surface area contributed by atoms with Gasteiger partial charge in [-0.3, -0.25) is 9.78 Å². The molecule has 5 heteroatoms. The number of hydrogen-bond donors (Lipinski definition) is 2. The van der Waals surface area contributed by atoms with Crippen LogP contribution in [0.15, 0.2) is 22.9 Å². The van der Waals surface area contributed by atoms with Crippen molar-refractivity contribution in [3.05, 3.63) is 28.5 Å². The lowest BCUT2D eigenvalue weighted by atomic mass is 10.2. The quantitative estimate of drug-likeness (QED) is 0.855. The summed E-state index contributed by atoms with van der Waals surface area (Å²) in [6.45, 7) is 1.46. The van der Waals surface area contributed by atoms with Crippen molar-refractivity contribution < 1.29 is 4.79 Å². The third kappa shape index (κ3) is 3.00. The molecule has 4 nitrogen and oxygen atoms in total. The van der Waals surface area contributed by atoms with E-state index in [1.165, 1.54) is 0 Å². The van der Waals surface area contributed by atoms with Crippen molar-refractivity contribution in [2.75, 3.05) is 6.54 Å². The summed E-state index contributed by atoms with van der Waals surface area (Å²) in [5.41, 5.74) is 1.11. The zero-order valence-corrected chi connectivity index (χ0v) is 9.75. The number of hydrogen-bond acceptors (Lipinski definition) is 3. The lowest BCUT2D eigenvalue weighted by Gasteiger charge is -2.09. The van der Waals surface area contributed by atoms with Crippen LogP contribution in [0.25, 0.3) is 0 Å². The molecular formula is C10H12BrN3O. The maximum absolute atomic E-state index is 10.9. The summed E-state index contributed by atoms with van der Waals surface area (Å²) in [6.07, 6.45) is 4.15. The van der Waals surface area contributed by atoms with Crippen molar-refractivity contribution in [1.82, 2.24) is 15.6 Å². The molecule has 0 bridgehead atoms. The van der Waals surface area contributed by atoms with E-state index >= 15 is 0 Å². The fourth-order valence-electron chi connectivity index (χ4n) is 1.56. The van der Waals surface area contributed by atoms with Gasteiger partial charge in [0.15, 0.2) is 0 Å². The summed E-state index contributed by atoms with van der Waals surface area (Å²) in [5, 5.41) is 6.10. The highest BCUT2D eigenvalue weighted by atomic mass is 79.9. The van der Waals surface area contributed by atoms with Gasteiger partial charge >= 0.3 is 0 Å². The van der Waals surface area contributed by atoms with Gasteiger partial charge in [-0.2, -0.15) is 0 Å². The molecule has 0 saturated carbocycles. The fourth-order valence-corrected chi connectivity index (χ4v) is 1.98. The molecule has 2 heterocycles. The van der Waals surface area contributed by atoms with Crippen molar-refractivity contribution >= 4 is 21.8 Å². The number of carbonyl (C=O) groups excluding carboxylic acids is 1. The summed E-state index contributed by atoms with van der Waals surface area (Å²) in [4.78, 5) is 15.0. The van der Waals surface area contributed by atoms with Gasteiger partial charge < -0.3 is 10.6 Å². The molecule has 1 aliphatic rings. The van der Waals surface area contributed by atoms with Gasteiger partial charge in [0, 0.05) is 42.4 Å². The van der Waals surface area contributed by atoms with Crippen LogP contribution < -0.4 is 10.6 Å². The lowest BCUT2D eigenvalue weighted by Crippen LogP contribution is -2.30. The molecule has 1 amide bonds. The van der Waals surface area contributed by atoms with Gasteiger partial charge in [-0.15, -0.1) is 0 Å². The summed E-state index contributed by atoms with van der Waals surface area (Å²) in [7, 11) is 0. The number of pyridine rings is 1. The van der Waals surface area contributed by atoms with Crippen molar-refractivity contribution in [1.29, 1.82) is 0 Å². The van der Waals surface area contributed by atoms with Crippen LogP contribution in [0.5, 0.6) is 0 Å². The van der Waals surface area contributed by atoms with Gasteiger partial charge in [0.1, 0.15) is 0 Å². The van der Waals surface area contributed by atoms with E-state index in [-0.39, 0.29) is 11.9 Å². The highest BCUT2D eigenvalue weighted by Crippen LogP contribution is 2.10. The van der Waals surface area contributed by atoms with E-state index in [2.05, 4.69) is 31.5 Å². The Morgan fingerprint density at radius 1 is 1.60 bits per heavy atom. The topological polar surface area (TPSA) is 54.0 Å². The Labute approximate surface area is 96.6 Å². The van der Waals surface area contributed by atoms with Crippen molar-refractivity contribution in [2.45, 2.75) is 19.0 Å². The van der Waals surface area contributed by atoms with Gasteiger partial charge in [-0.1, -0.05) is 0 Å². The number of rotatable bonds is 3. The van der Waals surface area contributed by atoms with E-state index in [9.17, 15) is 4.79 Å². The maximum atomic E-state index is 10.9. The van der Waals surface area contributed by atoms with Crippen LogP contribution in [-0.2, 0) is 11.3 Å². The number of amides is 1. The monoisotopic (exact) mass is 269 g/mol. The summed E-state index contributed by atoms with van der Waals surface area (Å²) >= 11 is 3.37. The molecule has 0 radical (unpaired) electrons. The first-order valence-electron chi connectivity index (χ1n) is 4.83. The standard InChI is InChI=1S/C10H12BrN3O/c11-8-1-7(3-12-5-8)4-13-9-2-10(15)14-6-9/h1,3,5,9,13H,2,4,6H2,(H,14,15). The van der Waals surface area contributed by atoms with E-state index in [1.54, 1.807) is 6.20 Å². The molecule has 1 aromatic rings. The summed E-state index contributed by atoms with van der Waals surface area (Å²) in [5.74, 6) is 0.125. The zero-order chi connectivity index (χ0) is 10.7. The van der Waals surface area contributed by atoms with Crippen LogP contribution in [0, 0.1) is 0 Å². The molecule has 2 rings (SSSR count). The van der Waals surface area contributed by atoms with Gasteiger partial charge in [0.2, 0.25) is 5.91 Å². The second kappa shape index (κ2) is 4.72. The predicted molar refractivity (Wildman–Crippen MR) is 60.2 cm³/mol. The molecule has 2 N–H and O–H groups in total. The van der Waals surface area contributed by atoms with E-state index in [0.717, 1.165) is 23.1 Å². The molecule has 1 unspecified atom stereocenters. The number of halogens is 1. The molecular weight excluding hydrogens is 258 g/mol. The third-order valence-corrected chi connectivity index (χ3v) is 2.77. The molecule has 1 aromatic heterocycles. The number of nitrogens with one attached hydrogen (secondary N) is 2. The Morgan fingerprint density at radius 2 is 2.47 bits per heavy atom. The first-order valence-corrected chi connectivity index (χ1v) is 5.63. The second-order valence-corrected chi connectivity index (χ2v) is 4.51. The number of nitrogens with zero attached hydrogens (tertiary/aromatic N) is 1. The van der Waals surface area contributed by atoms with Crippen LogP contribution >= 0.6 is 15.9 Å². The average molecular weight is 270 g/mol. The van der Waals surface area contributed by atoms with Gasteiger partial charge in [0.05, 0.1) is 0 Å². The van der Waals surface area contributed by atoms with Crippen molar-refractivity contribution in [3.8, 4) is 0 Å². The van der Waals surface area contributed by atoms with Crippen molar-refractivity contribution in [3.63, 3.8) is 0 Å². The molecule has 15 heavy (non-hydrogen) atoms. The van der Waals surface area contributed by atoms with E-state index in [4.69, 9.17) is 0 Å². The summed E-state index contributed by atoms with van der Waals surface area (Å²) < 4.78 is 0.974. The molecule has 1 aliphatic heterocycles. The highest BCUT2D eigenvalue weighted by Gasteiger charge is 2.20. The predicted octanol–water partition coefficient (Wildman–Crippen LogP) is 0.822. The Hall–Kier alpha value is -0.940. The zero-order valence-electron chi connectivity index (χ0n) is 8.16. The van der Waals surface area contributed by atoms with Gasteiger partial charge in [-0.05, 0) is 27.6 Å². The van der Waals surface area contributed by atoms with Crippen LogP contribution in [0.2, 0.25) is 0 Å². The normalized spacial score (nSPS) is 20.3. The molecule has 0 aromatic carbocycles. The largest absolute Gasteiger partial charge is 0.354 e. The molecule has 1 atom stereocenters. The average Bonchev–Trinajstić information content (AvgIpc) is 2.62. The smallest absolute Gasteiger partial charge is 0.221 e.